The number of hydrogen-bond donors (Lipinski definition) is 0. The van der Waals surface area contributed by atoms with E-state index in [4.69, 9.17) is 0 Å². The van der Waals surface area contributed by atoms with Crippen molar-refractivity contribution in [2.75, 3.05) is 0 Å². The van der Waals surface area contributed by atoms with Crippen molar-refractivity contribution >= 4 is 8.80 Å². The van der Waals surface area contributed by atoms with E-state index in [-0.39, 0.29) is 56.1 Å². The molecule has 0 amide bonds. The van der Waals surface area contributed by atoms with Crippen LogP contribution in [0, 0.1) is 6.08 Å². The quantitative estimate of drug-likeness (QED) is 0.385. The zero-order valence-corrected chi connectivity index (χ0v) is 17.4. The van der Waals surface area contributed by atoms with Crippen LogP contribution in [-0.2, 0) is 26.2 Å². The van der Waals surface area contributed by atoms with Crippen molar-refractivity contribution in [1.82, 2.24) is 0 Å². The molecule has 0 saturated heterocycles. The molecule has 1 radical (unpaired) electrons. The van der Waals surface area contributed by atoms with Crippen LogP contribution in [0.2, 0.25) is 18.1 Å². The van der Waals surface area contributed by atoms with E-state index < -0.39 is 8.80 Å². The van der Waals surface area contributed by atoms with Gasteiger partial charge in [0.05, 0.1) is 0 Å². The molecule has 0 saturated carbocycles. The molecular formula is C15H21Cl2SiZr. The van der Waals surface area contributed by atoms with Crippen molar-refractivity contribution in [3.8, 4) is 0 Å². The number of rotatable bonds is 2. The summed E-state index contributed by atoms with van der Waals surface area (Å²) in [5.74, 6) is 0. The zero-order chi connectivity index (χ0) is 11.9. The van der Waals surface area contributed by atoms with Gasteiger partial charge >= 0.3 is 26.2 Å². The van der Waals surface area contributed by atoms with Crippen LogP contribution in [0.5, 0.6) is 0 Å². The third-order valence-electron chi connectivity index (χ3n) is 4.24. The standard InChI is InChI=1S/C15H21Si.2ClH.Zr/c1-11-10-15(16(4)5,13(3)12(11)2)14-8-6-7-9-14;;;/h6-8,16H,9H2,1-5H3;2*1H;/q-1;;;+3/p-2. The molecule has 0 aromatic heterocycles. The first-order chi connectivity index (χ1) is 7.50. The van der Waals surface area contributed by atoms with Crippen LogP contribution >= 0.6 is 0 Å². The Bertz CT molecular complexity index is 447. The van der Waals surface area contributed by atoms with Crippen LogP contribution in [0.15, 0.2) is 40.5 Å². The first-order valence-electron chi connectivity index (χ1n) is 6.16. The van der Waals surface area contributed by atoms with Gasteiger partial charge in [0.25, 0.3) is 0 Å². The minimum Gasteiger partial charge on any atom is -1.00 e. The van der Waals surface area contributed by atoms with E-state index in [0.717, 1.165) is 6.42 Å². The Morgan fingerprint density at radius 2 is 1.74 bits per heavy atom. The molecule has 0 aromatic carbocycles. The summed E-state index contributed by atoms with van der Waals surface area (Å²) in [6.07, 6.45) is 11.7. The van der Waals surface area contributed by atoms with Gasteiger partial charge < -0.3 is 24.8 Å². The molecule has 0 aliphatic heterocycles. The molecule has 2 aliphatic rings. The van der Waals surface area contributed by atoms with E-state index in [1.165, 1.54) is 11.1 Å². The van der Waals surface area contributed by atoms with Gasteiger partial charge in [-0.1, -0.05) is 55.8 Å². The second-order valence-electron chi connectivity index (χ2n) is 5.29. The van der Waals surface area contributed by atoms with Crippen molar-refractivity contribution < 1.29 is 51.0 Å². The summed E-state index contributed by atoms with van der Waals surface area (Å²) >= 11 is 0. The average molecular weight is 392 g/mol. The summed E-state index contributed by atoms with van der Waals surface area (Å²) in [7, 11) is -0.845. The van der Waals surface area contributed by atoms with E-state index in [0.29, 0.717) is 0 Å². The smallest absolute Gasteiger partial charge is 1.00 e. The molecule has 0 N–H and O–H groups in total. The van der Waals surface area contributed by atoms with E-state index in [1.807, 2.05) is 0 Å². The Kier molecular flexibility index (Phi) is 9.43. The molecule has 103 valence electrons. The first kappa shape index (κ1) is 21.9. The fraction of sp³-hybridized carbons (Fsp3) is 0.467. The maximum absolute atomic E-state index is 3.80. The zero-order valence-electron chi connectivity index (χ0n) is 12.3. The molecule has 1 atom stereocenters. The van der Waals surface area contributed by atoms with E-state index in [9.17, 15) is 0 Å². The predicted octanol–water partition coefficient (Wildman–Crippen LogP) is -1.80. The van der Waals surface area contributed by atoms with E-state index in [1.54, 1.807) is 11.1 Å². The predicted molar refractivity (Wildman–Crippen MR) is 74.2 cm³/mol. The molecule has 0 bridgehead atoms. The molecule has 0 heterocycles. The summed E-state index contributed by atoms with van der Waals surface area (Å²) in [5.41, 5.74) is 5.96. The fourth-order valence-corrected chi connectivity index (χ4v) is 5.61. The number of hydrogen-bond acceptors (Lipinski definition) is 0. The van der Waals surface area contributed by atoms with Gasteiger partial charge in [-0.3, -0.25) is 6.08 Å². The molecule has 0 nitrogen and oxygen atoms in total. The molecule has 19 heavy (non-hydrogen) atoms. The maximum atomic E-state index is 3.80. The molecule has 1 unspecified atom stereocenters. The molecule has 4 heteroatoms. The summed E-state index contributed by atoms with van der Waals surface area (Å²) < 4.78 is 0. The Morgan fingerprint density at radius 1 is 1.16 bits per heavy atom. The van der Waals surface area contributed by atoms with Gasteiger partial charge in [-0.2, -0.15) is 11.1 Å². The van der Waals surface area contributed by atoms with Gasteiger partial charge in [-0.05, 0) is 6.42 Å². The largest absolute Gasteiger partial charge is 3.00 e. The van der Waals surface area contributed by atoms with Gasteiger partial charge in [0.2, 0.25) is 0 Å². The summed E-state index contributed by atoms with van der Waals surface area (Å²) in [4.78, 5) is 0. The van der Waals surface area contributed by atoms with E-state index >= 15 is 0 Å². The normalized spacial score (nSPS) is 24.5. The summed E-state index contributed by atoms with van der Waals surface area (Å²) in [6, 6.07) is 0. The van der Waals surface area contributed by atoms with Crippen LogP contribution in [0.4, 0.5) is 0 Å². The van der Waals surface area contributed by atoms with Crippen LogP contribution in [0.3, 0.4) is 0 Å². The van der Waals surface area contributed by atoms with Gasteiger partial charge in [-0.15, -0.1) is 6.92 Å². The third-order valence-corrected chi connectivity index (χ3v) is 6.93. The summed E-state index contributed by atoms with van der Waals surface area (Å²) in [5, 5.41) is 0.206. The Hall–Kier alpha value is 0.640. The molecular weight excluding hydrogens is 370 g/mol. The van der Waals surface area contributed by atoms with Crippen LogP contribution in [0.25, 0.3) is 0 Å². The maximum Gasteiger partial charge on any atom is 3.00 e. The van der Waals surface area contributed by atoms with Gasteiger partial charge in [0.15, 0.2) is 0 Å². The molecule has 0 fully saturated rings. The minimum atomic E-state index is -0.845. The topological polar surface area (TPSA) is 0 Å². The van der Waals surface area contributed by atoms with Gasteiger partial charge in [0.1, 0.15) is 0 Å². The monoisotopic (exact) mass is 389 g/mol. The Labute approximate surface area is 151 Å². The van der Waals surface area contributed by atoms with E-state index in [2.05, 4.69) is 58.2 Å². The average Bonchev–Trinajstić information content (AvgIpc) is 2.82. The first-order valence-corrected chi connectivity index (χ1v) is 9.05. The van der Waals surface area contributed by atoms with Crippen LogP contribution in [-0.4, -0.2) is 8.80 Å². The number of halogens is 2. The minimum absolute atomic E-state index is 0. The third kappa shape index (κ3) is 3.46. The van der Waals surface area contributed by atoms with Gasteiger partial charge in [-0.25, -0.2) is 5.57 Å². The van der Waals surface area contributed by atoms with Gasteiger partial charge in [0, 0.05) is 8.80 Å². The SMILES string of the molecule is CC1=[C-]C(C2=CC=CC2)([SiH](C)C)C(C)=C1C.[Cl-].[Cl-].[Zr+3]. The van der Waals surface area contributed by atoms with Crippen LogP contribution < -0.4 is 24.8 Å². The second kappa shape index (κ2) is 8.17. The molecule has 2 aliphatic carbocycles. The molecule has 0 spiro atoms. The molecule has 0 aromatic rings. The Morgan fingerprint density at radius 3 is 2.05 bits per heavy atom. The van der Waals surface area contributed by atoms with Crippen molar-refractivity contribution in [1.29, 1.82) is 0 Å². The second-order valence-corrected chi connectivity index (χ2v) is 8.46. The fourth-order valence-electron chi connectivity index (χ4n) is 3.07. The van der Waals surface area contributed by atoms with Crippen molar-refractivity contribution in [2.45, 2.75) is 45.3 Å². The van der Waals surface area contributed by atoms with Crippen LogP contribution in [0.1, 0.15) is 27.2 Å². The number of allylic oxidation sites excluding steroid dienone is 8. The van der Waals surface area contributed by atoms with Crippen molar-refractivity contribution in [3.63, 3.8) is 0 Å². The summed E-state index contributed by atoms with van der Waals surface area (Å²) in [6.45, 7) is 11.7. The van der Waals surface area contributed by atoms with Crippen molar-refractivity contribution in [3.05, 3.63) is 46.6 Å². The van der Waals surface area contributed by atoms with Crippen molar-refractivity contribution in [2.24, 2.45) is 0 Å². The Balaban J connectivity index is 0. The molecule has 2 rings (SSSR count).